The van der Waals surface area contributed by atoms with Gasteiger partial charge in [-0.3, -0.25) is 19.4 Å². The molecule has 1 atom stereocenters. The highest BCUT2D eigenvalue weighted by molar-refractivity contribution is 5.75. The summed E-state index contributed by atoms with van der Waals surface area (Å²) in [6, 6.07) is 6.50. The van der Waals surface area contributed by atoms with Crippen LogP contribution in [-0.2, 0) is 17.9 Å². The van der Waals surface area contributed by atoms with E-state index >= 15 is 0 Å². The minimum atomic E-state index is 0.143. The minimum Gasteiger partial charge on any atom is -0.352 e. The molecule has 1 aliphatic heterocycles. The minimum absolute atomic E-state index is 0.143. The van der Waals surface area contributed by atoms with Gasteiger partial charge in [0.25, 0.3) is 0 Å². The van der Waals surface area contributed by atoms with Crippen LogP contribution in [0.15, 0.2) is 30.6 Å². The fraction of sp³-hybridized carbons (Fsp3) is 0.591. The van der Waals surface area contributed by atoms with Crippen molar-refractivity contribution in [3.05, 3.63) is 47.5 Å². The number of nitrogens with one attached hydrogen (secondary N) is 1. The molecule has 6 nitrogen and oxygen atoms in total. The molecule has 1 N–H and O–H groups in total. The number of carbonyl (C=O) groups is 1. The first kappa shape index (κ1) is 20.5. The zero-order valence-corrected chi connectivity index (χ0v) is 17.4. The molecule has 0 radical (unpaired) electrons. The largest absolute Gasteiger partial charge is 0.352 e. The Hall–Kier alpha value is -2.21. The maximum absolute atomic E-state index is 12.1. The van der Waals surface area contributed by atoms with Gasteiger partial charge in [-0.15, -0.1) is 0 Å². The highest BCUT2D eigenvalue weighted by atomic mass is 16.1. The van der Waals surface area contributed by atoms with Gasteiger partial charge in [-0.25, -0.2) is 0 Å². The van der Waals surface area contributed by atoms with Crippen LogP contribution in [0.3, 0.4) is 0 Å². The van der Waals surface area contributed by atoms with Crippen molar-refractivity contribution in [1.29, 1.82) is 0 Å². The Kier molecular flexibility index (Phi) is 7.20. The Balaban J connectivity index is 1.34. The quantitative estimate of drug-likeness (QED) is 0.761. The fourth-order valence-corrected chi connectivity index (χ4v) is 4.03. The lowest BCUT2D eigenvalue weighted by molar-refractivity contribution is -0.121. The van der Waals surface area contributed by atoms with E-state index in [2.05, 4.69) is 44.9 Å². The maximum Gasteiger partial charge on any atom is 0.220 e. The lowest BCUT2D eigenvalue weighted by atomic mass is 9.91. The van der Waals surface area contributed by atoms with Crippen molar-refractivity contribution in [3.8, 4) is 0 Å². The van der Waals surface area contributed by atoms with E-state index in [9.17, 15) is 4.79 Å². The zero-order valence-electron chi connectivity index (χ0n) is 17.4. The van der Waals surface area contributed by atoms with Crippen molar-refractivity contribution in [1.82, 2.24) is 25.0 Å². The van der Waals surface area contributed by atoms with Gasteiger partial charge < -0.3 is 5.32 Å². The zero-order chi connectivity index (χ0) is 19.9. The third kappa shape index (κ3) is 5.89. The molecule has 1 amide bonds. The molecular formula is C22H33N5O. The van der Waals surface area contributed by atoms with Gasteiger partial charge >= 0.3 is 0 Å². The van der Waals surface area contributed by atoms with E-state index in [-0.39, 0.29) is 5.91 Å². The molecule has 1 saturated heterocycles. The predicted molar refractivity (Wildman–Crippen MR) is 111 cm³/mol. The second-order valence-corrected chi connectivity index (χ2v) is 8.11. The van der Waals surface area contributed by atoms with E-state index in [4.69, 9.17) is 0 Å². The topological polar surface area (TPSA) is 63.1 Å². The normalized spacial score (nSPS) is 16.8. The lowest BCUT2D eigenvalue weighted by Gasteiger charge is -2.36. The summed E-state index contributed by atoms with van der Waals surface area (Å²) in [7, 11) is 0. The van der Waals surface area contributed by atoms with Gasteiger partial charge in [-0.2, -0.15) is 5.10 Å². The van der Waals surface area contributed by atoms with E-state index in [1.54, 1.807) is 12.4 Å². The van der Waals surface area contributed by atoms with Gasteiger partial charge in [0.15, 0.2) is 0 Å². The molecule has 0 aliphatic carbocycles. The Morgan fingerprint density at radius 3 is 2.75 bits per heavy atom. The van der Waals surface area contributed by atoms with Gasteiger partial charge in [0, 0.05) is 37.1 Å². The van der Waals surface area contributed by atoms with Crippen LogP contribution in [0.1, 0.15) is 49.6 Å². The van der Waals surface area contributed by atoms with E-state index in [0.29, 0.717) is 24.9 Å². The molecule has 0 unspecified atom stereocenters. The molecule has 0 spiro atoms. The fourth-order valence-electron chi connectivity index (χ4n) is 4.03. The number of piperidine rings is 1. The van der Waals surface area contributed by atoms with Crippen molar-refractivity contribution in [2.24, 2.45) is 5.92 Å². The molecule has 6 heteroatoms. The summed E-state index contributed by atoms with van der Waals surface area (Å²) in [4.78, 5) is 18.8. The van der Waals surface area contributed by atoms with Crippen molar-refractivity contribution < 1.29 is 4.79 Å². The van der Waals surface area contributed by atoms with Crippen LogP contribution in [0.25, 0.3) is 0 Å². The number of nitrogens with zero attached hydrogens (tertiary/aromatic N) is 4. The van der Waals surface area contributed by atoms with Gasteiger partial charge in [-0.1, -0.05) is 6.07 Å². The molecule has 0 saturated carbocycles. The monoisotopic (exact) mass is 383 g/mol. The van der Waals surface area contributed by atoms with Crippen LogP contribution < -0.4 is 5.32 Å². The van der Waals surface area contributed by atoms with Gasteiger partial charge in [0.1, 0.15) is 0 Å². The van der Waals surface area contributed by atoms with Crippen LogP contribution in [0.5, 0.6) is 0 Å². The smallest absolute Gasteiger partial charge is 0.220 e. The Bertz CT molecular complexity index is 750. The molecule has 3 rings (SSSR count). The molecule has 1 aliphatic rings. The van der Waals surface area contributed by atoms with Crippen molar-refractivity contribution >= 4 is 5.91 Å². The summed E-state index contributed by atoms with van der Waals surface area (Å²) in [5.74, 6) is 0.797. The molecule has 0 bridgehead atoms. The molecule has 3 heterocycles. The number of aromatic nitrogens is 3. The van der Waals surface area contributed by atoms with E-state index in [1.807, 2.05) is 19.1 Å². The SMILES string of the molecule is Cc1cc(C)n(C[C@H](C)N2CCC(CCC(=O)NCc3cccnc3)CC2)n1. The van der Waals surface area contributed by atoms with Crippen LogP contribution in [0.4, 0.5) is 0 Å². The number of rotatable bonds is 8. The molecule has 28 heavy (non-hydrogen) atoms. The number of aryl methyl sites for hydroxylation is 2. The summed E-state index contributed by atoms with van der Waals surface area (Å²) < 4.78 is 2.12. The highest BCUT2D eigenvalue weighted by Gasteiger charge is 2.23. The van der Waals surface area contributed by atoms with Crippen LogP contribution >= 0.6 is 0 Å². The van der Waals surface area contributed by atoms with E-state index < -0.39 is 0 Å². The number of likely N-dealkylation sites (tertiary alicyclic amines) is 1. The third-order valence-electron chi connectivity index (χ3n) is 5.81. The average Bonchev–Trinajstić information content (AvgIpc) is 3.02. The van der Waals surface area contributed by atoms with E-state index in [0.717, 1.165) is 37.3 Å². The standard InChI is InChI=1S/C22H33N5O/c1-17-13-18(2)27(25-17)16-19(3)26-11-8-20(9-12-26)6-7-22(28)24-15-21-5-4-10-23-14-21/h4-5,10,13-14,19-20H,6-9,11-12,15-16H2,1-3H3,(H,24,28)/t19-/m0/s1. The number of amides is 1. The Labute approximate surface area is 168 Å². The number of pyridine rings is 1. The summed E-state index contributed by atoms with van der Waals surface area (Å²) in [6.45, 7) is 10.2. The first-order chi connectivity index (χ1) is 13.5. The van der Waals surface area contributed by atoms with Gasteiger partial charge in [-0.05, 0) is 76.7 Å². The summed E-state index contributed by atoms with van der Waals surface area (Å²) in [5, 5.41) is 7.59. The maximum atomic E-state index is 12.1. The Morgan fingerprint density at radius 1 is 1.32 bits per heavy atom. The predicted octanol–water partition coefficient (Wildman–Crippen LogP) is 3.09. The molecule has 1 fully saturated rings. The summed E-state index contributed by atoms with van der Waals surface area (Å²) in [5.41, 5.74) is 3.36. The van der Waals surface area contributed by atoms with Crippen molar-refractivity contribution in [2.45, 2.75) is 65.6 Å². The number of carbonyl (C=O) groups excluding carboxylic acids is 1. The molecule has 152 valence electrons. The Morgan fingerprint density at radius 2 is 2.11 bits per heavy atom. The van der Waals surface area contributed by atoms with Crippen LogP contribution in [0, 0.1) is 19.8 Å². The molecule has 2 aromatic rings. The third-order valence-corrected chi connectivity index (χ3v) is 5.81. The second-order valence-electron chi connectivity index (χ2n) is 8.11. The highest BCUT2D eigenvalue weighted by Crippen LogP contribution is 2.23. The lowest BCUT2D eigenvalue weighted by Crippen LogP contribution is -2.42. The van der Waals surface area contributed by atoms with Crippen molar-refractivity contribution in [2.75, 3.05) is 13.1 Å². The van der Waals surface area contributed by atoms with Crippen LogP contribution in [0.2, 0.25) is 0 Å². The number of hydrogen-bond donors (Lipinski definition) is 1. The second kappa shape index (κ2) is 9.82. The number of hydrogen-bond acceptors (Lipinski definition) is 4. The van der Waals surface area contributed by atoms with E-state index in [1.165, 1.54) is 18.5 Å². The molecule has 0 aromatic carbocycles. The summed E-state index contributed by atoms with van der Waals surface area (Å²) in [6.07, 6.45) is 7.50. The first-order valence-corrected chi connectivity index (χ1v) is 10.4. The summed E-state index contributed by atoms with van der Waals surface area (Å²) >= 11 is 0. The van der Waals surface area contributed by atoms with Crippen LogP contribution in [-0.4, -0.2) is 44.7 Å². The average molecular weight is 384 g/mol. The molecule has 2 aromatic heterocycles. The van der Waals surface area contributed by atoms with Gasteiger partial charge in [0.05, 0.1) is 12.2 Å². The molecular weight excluding hydrogens is 350 g/mol. The van der Waals surface area contributed by atoms with Gasteiger partial charge in [0.2, 0.25) is 5.91 Å². The van der Waals surface area contributed by atoms with Crippen molar-refractivity contribution in [3.63, 3.8) is 0 Å². The first-order valence-electron chi connectivity index (χ1n) is 10.4.